The SMILES string of the molecule is Cc1ccc(/C=C(/Cl)c2nc3cc(Cl)ccc3c(=O)[nH]2)s1. The lowest BCUT2D eigenvalue weighted by atomic mass is 10.2. The maximum Gasteiger partial charge on any atom is 0.259 e. The van der Waals surface area contributed by atoms with Crippen molar-refractivity contribution >= 4 is 56.5 Å². The van der Waals surface area contributed by atoms with Gasteiger partial charge in [0.2, 0.25) is 0 Å². The van der Waals surface area contributed by atoms with Gasteiger partial charge in [-0.25, -0.2) is 4.98 Å². The van der Waals surface area contributed by atoms with Gasteiger partial charge in [0, 0.05) is 14.8 Å². The number of aromatic amines is 1. The minimum atomic E-state index is -0.236. The number of rotatable bonds is 2. The fourth-order valence-corrected chi connectivity index (χ4v) is 3.21. The van der Waals surface area contributed by atoms with Crippen molar-refractivity contribution < 1.29 is 0 Å². The van der Waals surface area contributed by atoms with Crippen LogP contribution in [-0.2, 0) is 0 Å². The largest absolute Gasteiger partial charge is 0.305 e. The molecule has 0 saturated carbocycles. The van der Waals surface area contributed by atoms with Crippen molar-refractivity contribution in [3.8, 4) is 0 Å². The Labute approximate surface area is 134 Å². The van der Waals surface area contributed by atoms with E-state index in [9.17, 15) is 4.79 Å². The Morgan fingerprint density at radius 1 is 1.33 bits per heavy atom. The molecule has 0 aliphatic rings. The average Bonchev–Trinajstić information content (AvgIpc) is 2.83. The molecule has 106 valence electrons. The molecular formula is C15H10Cl2N2OS. The Hall–Kier alpha value is -1.62. The van der Waals surface area contributed by atoms with Gasteiger partial charge in [-0.15, -0.1) is 11.3 Å². The summed E-state index contributed by atoms with van der Waals surface area (Å²) in [4.78, 5) is 21.3. The Bertz CT molecular complexity index is 911. The Kier molecular flexibility index (Phi) is 3.85. The van der Waals surface area contributed by atoms with Gasteiger partial charge in [0.15, 0.2) is 5.82 Å². The van der Waals surface area contributed by atoms with Crippen molar-refractivity contribution in [2.24, 2.45) is 0 Å². The first-order valence-electron chi connectivity index (χ1n) is 6.16. The smallest absolute Gasteiger partial charge is 0.259 e. The molecule has 3 aromatic rings. The summed E-state index contributed by atoms with van der Waals surface area (Å²) < 4.78 is 0. The van der Waals surface area contributed by atoms with Gasteiger partial charge in [-0.2, -0.15) is 0 Å². The highest BCUT2D eigenvalue weighted by molar-refractivity contribution is 7.12. The predicted molar refractivity (Wildman–Crippen MR) is 90.2 cm³/mol. The van der Waals surface area contributed by atoms with Crippen LogP contribution in [0.1, 0.15) is 15.6 Å². The predicted octanol–water partition coefficient (Wildman–Crippen LogP) is 4.68. The van der Waals surface area contributed by atoms with Crippen molar-refractivity contribution in [3.05, 3.63) is 61.3 Å². The number of benzene rings is 1. The molecule has 0 amide bonds. The molecule has 0 saturated heterocycles. The Balaban J connectivity index is 2.12. The van der Waals surface area contributed by atoms with Crippen molar-refractivity contribution in [2.75, 3.05) is 0 Å². The number of nitrogens with zero attached hydrogens (tertiary/aromatic N) is 1. The van der Waals surface area contributed by atoms with Crippen LogP contribution in [0.3, 0.4) is 0 Å². The van der Waals surface area contributed by atoms with Crippen LogP contribution >= 0.6 is 34.5 Å². The molecule has 21 heavy (non-hydrogen) atoms. The molecule has 0 bridgehead atoms. The van der Waals surface area contributed by atoms with Gasteiger partial charge >= 0.3 is 0 Å². The lowest BCUT2D eigenvalue weighted by Crippen LogP contribution is -2.10. The first-order valence-corrected chi connectivity index (χ1v) is 7.74. The van der Waals surface area contributed by atoms with E-state index in [-0.39, 0.29) is 5.56 Å². The zero-order valence-corrected chi connectivity index (χ0v) is 13.3. The number of hydrogen-bond donors (Lipinski definition) is 1. The van der Waals surface area contributed by atoms with E-state index in [0.717, 1.165) is 4.88 Å². The van der Waals surface area contributed by atoms with E-state index in [2.05, 4.69) is 9.97 Å². The van der Waals surface area contributed by atoms with Crippen LogP contribution in [0.15, 0.2) is 35.1 Å². The highest BCUT2D eigenvalue weighted by Gasteiger charge is 2.08. The van der Waals surface area contributed by atoms with Crippen molar-refractivity contribution in [1.29, 1.82) is 0 Å². The number of H-pyrrole nitrogens is 1. The lowest BCUT2D eigenvalue weighted by Gasteiger charge is -2.02. The number of aromatic nitrogens is 2. The summed E-state index contributed by atoms with van der Waals surface area (Å²) in [6.07, 6.45) is 1.79. The molecule has 6 heteroatoms. The fourth-order valence-electron chi connectivity index (χ4n) is 1.95. The summed E-state index contributed by atoms with van der Waals surface area (Å²) in [6.45, 7) is 2.02. The Morgan fingerprint density at radius 3 is 2.86 bits per heavy atom. The maximum atomic E-state index is 12.0. The number of thiophene rings is 1. The minimum Gasteiger partial charge on any atom is -0.305 e. The molecule has 0 radical (unpaired) electrons. The molecule has 2 heterocycles. The normalized spacial score (nSPS) is 12.0. The zero-order chi connectivity index (χ0) is 15.0. The van der Waals surface area contributed by atoms with Gasteiger partial charge in [0.25, 0.3) is 5.56 Å². The topological polar surface area (TPSA) is 45.8 Å². The summed E-state index contributed by atoms with van der Waals surface area (Å²) in [5, 5.41) is 1.40. The molecule has 2 aromatic heterocycles. The number of fused-ring (bicyclic) bond motifs is 1. The molecule has 0 aliphatic carbocycles. The van der Waals surface area contributed by atoms with E-state index in [4.69, 9.17) is 23.2 Å². The van der Waals surface area contributed by atoms with Gasteiger partial charge < -0.3 is 4.98 Å². The lowest BCUT2D eigenvalue weighted by molar-refractivity contribution is 1.14. The average molecular weight is 337 g/mol. The monoisotopic (exact) mass is 336 g/mol. The second-order valence-electron chi connectivity index (χ2n) is 4.52. The van der Waals surface area contributed by atoms with E-state index >= 15 is 0 Å². The van der Waals surface area contributed by atoms with E-state index in [1.165, 1.54) is 4.88 Å². The number of aryl methyl sites for hydroxylation is 1. The molecule has 3 rings (SSSR count). The number of halogens is 2. The van der Waals surface area contributed by atoms with Crippen LogP contribution in [-0.4, -0.2) is 9.97 Å². The number of hydrogen-bond acceptors (Lipinski definition) is 3. The summed E-state index contributed by atoms with van der Waals surface area (Å²) in [5.41, 5.74) is 0.288. The summed E-state index contributed by atoms with van der Waals surface area (Å²) in [6, 6.07) is 8.93. The third-order valence-corrected chi connectivity index (χ3v) is 4.40. The molecule has 3 nitrogen and oxygen atoms in total. The van der Waals surface area contributed by atoms with Crippen LogP contribution in [0.2, 0.25) is 5.02 Å². The van der Waals surface area contributed by atoms with Gasteiger partial charge in [0.05, 0.1) is 15.9 Å². The van der Waals surface area contributed by atoms with Crippen LogP contribution in [0.5, 0.6) is 0 Å². The van der Waals surface area contributed by atoms with Crippen molar-refractivity contribution in [1.82, 2.24) is 9.97 Å². The first kappa shape index (κ1) is 14.3. The highest BCUT2D eigenvalue weighted by Crippen LogP contribution is 2.24. The van der Waals surface area contributed by atoms with E-state index in [0.29, 0.717) is 26.8 Å². The minimum absolute atomic E-state index is 0.236. The Morgan fingerprint density at radius 2 is 2.14 bits per heavy atom. The van der Waals surface area contributed by atoms with Crippen LogP contribution in [0.25, 0.3) is 22.0 Å². The standard InChI is InChI=1S/C15H10Cl2N2OS/c1-8-2-4-10(21-8)7-12(17)14-18-13-6-9(16)3-5-11(13)15(20)19-14/h2-7H,1H3,(H,18,19,20)/b12-7+. The fraction of sp³-hybridized carbons (Fsp3) is 0.0667. The second kappa shape index (κ2) is 5.64. The molecule has 1 N–H and O–H groups in total. The van der Waals surface area contributed by atoms with Crippen LogP contribution in [0, 0.1) is 6.92 Å². The third-order valence-electron chi connectivity index (χ3n) is 2.92. The molecule has 0 spiro atoms. The second-order valence-corrected chi connectivity index (χ2v) is 6.68. The number of nitrogens with one attached hydrogen (secondary N) is 1. The van der Waals surface area contributed by atoms with Gasteiger partial charge in [-0.05, 0) is 43.3 Å². The summed E-state index contributed by atoms with van der Waals surface area (Å²) >= 11 is 13.8. The quantitative estimate of drug-likeness (QED) is 0.738. The van der Waals surface area contributed by atoms with E-state index in [1.54, 1.807) is 35.6 Å². The van der Waals surface area contributed by atoms with E-state index in [1.807, 2.05) is 19.1 Å². The zero-order valence-electron chi connectivity index (χ0n) is 11.0. The third kappa shape index (κ3) is 3.02. The van der Waals surface area contributed by atoms with Crippen molar-refractivity contribution in [3.63, 3.8) is 0 Å². The molecule has 1 aromatic carbocycles. The molecular weight excluding hydrogens is 327 g/mol. The van der Waals surface area contributed by atoms with Crippen molar-refractivity contribution in [2.45, 2.75) is 6.92 Å². The first-order chi connectivity index (χ1) is 10.0. The molecule has 0 atom stereocenters. The van der Waals surface area contributed by atoms with Crippen LogP contribution in [0.4, 0.5) is 0 Å². The molecule has 0 fully saturated rings. The highest BCUT2D eigenvalue weighted by atomic mass is 35.5. The molecule has 0 aliphatic heterocycles. The van der Waals surface area contributed by atoms with Gasteiger partial charge in [-0.1, -0.05) is 23.2 Å². The molecule has 0 unspecified atom stereocenters. The maximum absolute atomic E-state index is 12.0. The van der Waals surface area contributed by atoms with Gasteiger partial charge in [0.1, 0.15) is 0 Å². The van der Waals surface area contributed by atoms with Gasteiger partial charge in [-0.3, -0.25) is 4.79 Å². The van der Waals surface area contributed by atoms with Crippen LogP contribution < -0.4 is 5.56 Å². The summed E-state index contributed by atoms with van der Waals surface area (Å²) in [7, 11) is 0. The summed E-state index contributed by atoms with van der Waals surface area (Å²) in [5.74, 6) is 0.336. The van der Waals surface area contributed by atoms with E-state index < -0.39 is 0 Å².